The third kappa shape index (κ3) is 5.47. The Labute approximate surface area is 237 Å². The van der Waals surface area contributed by atoms with Crippen molar-refractivity contribution < 1.29 is 5.48 Å². The summed E-state index contributed by atoms with van der Waals surface area (Å²) >= 11 is 0. The zero-order valence-corrected chi connectivity index (χ0v) is 22.8. The summed E-state index contributed by atoms with van der Waals surface area (Å²) in [5, 5.41) is 0.892. The van der Waals surface area contributed by atoms with Crippen molar-refractivity contribution in [1.29, 1.82) is 0 Å². The first-order chi connectivity index (χ1) is 18.7. The number of halogens is 1. The lowest BCUT2D eigenvalue weighted by Crippen LogP contribution is -2.38. The molecular formula is C32H31ClN4O3. The Hall–Kier alpha value is -4.46. The van der Waals surface area contributed by atoms with Gasteiger partial charge in [0.25, 0.3) is 11.1 Å². The molecule has 2 aromatic heterocycles. The molecule has 0 fully saturated rings. The first-order valence-electron chi connectivity index (χ1n) is 13.0. The minimum atomic E-state index is -0.183. The van der Waals surface area contributed by atoms with Crippen molar-refractivity contribution in [2.75, 3.05) is 0 Å². The number of rotatable bonds is 8. The SMILES string of the molecule is Cl.O.O=c1c2ccccc2c(=O)n(-c2ccccc2)n1CCCCn1c(Cc2ccccc2)nc2ccccc21. The van der Waals surface area contributed by atoms with Crippen LogP contribution in [0.4, 0.5) is 0 Å². The fourth-order valence-corrected chi connectivity index (χ4v) is 5.16. The zero-order valence-electron chi connectivity index (χ0n) is 21.9. The van der Waals surface area contributed by atoms with Gasteiger partial charge in [-0.05, 0) is 54.8 Å². The fourth-order valence-electron chi connectivity index (χ4n) is 5.16. The molecule has 40 heavy (non-hydrogen) atoms. The van der Waals surface area contributed by atoms with Crippen LogP contribution >= 0.6 is 12.4 Å². The summed E-state index contributed by atoms with van der Waals surface area (Å²) in [6, 6.07) is 35.0. The minimum absolute atomic E-state index is 0. The van der Waals surface area contributed by atoms with E-state index in [-0.39, 0.29) is 29.0 Å². The molecule has 0 aliphatic heterocycles. The lowest BCUT2D eigenvalue weighted by molar-refractivity contribution is 0.466. The van der Waals surface area contributed by atoms with E-state index in [1.807, 2.05) is 54.6 Å². The van der Waals surface area contributed by atoms with E-state index < -0.39 is 0 Å². The van der Waals surface area contributed by atoms with Gasteiger partial charge in [-0.15, -0.1) is 12.4 Å². The van der Waals surface area contributed by atoms with Crippen molar-refractivity contribution in [1.82, 2.24) is 18.9 Å². The summed E-state index contributed by atoms with van der Waals surface area (Å²) in [5.41, 5.74) is 3.67. The molecule has 0 unspecified atom stereocenters. The molecule has 0 spiro atoms. The second-order valence-electron chi connectivity index (χ2n) is 9.46. The van der Waals surface area contributed by atoms with Crippen molar-refractivity contribution >= 4 is 34.2 Å². The Morgan fingerprint density at radius 1 is 0.625 bits per heavy atom. The number of aromatic nitrogens is 4. The molecule has 0 amide bonds. The molecule has 0 saturated heterocycles. The van der Waals surface area contributed by atoms with Crippen LogP contribution in [0.3, 0.4) is 0 Å². The first-order valence-corrected chi connectivity index (χ1v) is 13.0. The topological polar surface area (TPSA) is 93.3 Å². The molecule has 7 nitrogen and oxygen atoms in total. The van der Waals surface area contributed by atoms with Crippen molar-refractivity contribution in [2.24, 2.45) is 0 Å². The van der Waals surface area contributed by atoms with E-state index in [4.69, 9.17) is 4.98 Å². The van der Waals surface area contributed by atoms with Gasteiger partial charge in [-0.1, -0.05) is 72.8 Å². The van der Waals surface area contributed by atoms with Gasteiger partial charge in [-0.25, -0.2) is 14.3 Å². The van der Waals surface area contributed by atoms with Gasteiger partial charge < -0.3 is 10.0 Å². The highest BCUT2D eigenvalue weighted by Crippen LogP contribution is 2.20. The minimum Gasteiger partial charge on any atom is -0.412 e. The molecule has 6 aromatic rings. The van der Waals surface area contributed by atoms with Gasteiger partial charge in [0.1, 0.15) is 5.82 Å². The number of imidazole rings is 1. The average Bonchev–Trinajstić information content (AvgIpc) is 3.31. The van der Waals surface area contributed by atoms with E-state index in [2.05, 4.69) is 34.9 Å². The Kier molecular flexibility index (Phi) is 8.99. The predicted molar refractivity (Wildman–Crippen MR) is 163 cm³/mol. The highest BCUT2D eigenvalue weighted by molar-refractivity contribution is 5.85. The van der Waals surface area contributed by atoms with Crippen LogP contribution in [-0.2, 0) is 19.5 Å². The van der Waals surface area contributed by atoms with Gasteiger partial charge >= 0.3 is 0 Å². The smallest absolute Gasteiger partial charge is 0.278 e. The van der Waals surface area contributed by atoms with E-state index in [9.17, 15) is 9.59 Å². The fraction of sp³-hybridized carbons (Fsp3) is 0.156. The number of aryl methyl sites for hydroxylation is 1. The van der Waals surface area contributed by atoms with E-state index in [1.54, 1.807) is 28.9 Å². The molecule has 204 valence electrons. The molecule has 0 radical (unpaired) electrons. The highest BCUT2D eigenvalue weighted by atomic mass is 35.5. The third-order valence-corrected chi connectivity index (χ3v) is 7.00. The second-order valence-corrected chi connectivity index (χ2v) is 9.46. The molecule has 2 heterocycles. The highest BCUT2D eigenvalue weighted by Gasteiger charge is 2.15. The summed E-state index contributed by atoms with van der Waals surface area (Å²) in [5.74, 6) is 1.03. The maximum atomic E-state index is 13.5. The average molecular weight is 555 g/mol. The van der Waals surface area contributed by atoms with Gasteiger partial charge in [0.2, 0.25) is 0 Å². The van der Waals surface area contributed by atoms with Crippen LogP contribution in [0.25, 0.3) is 27.5 Å². The summed E-state index contributed by atoms with van der Waals surface area (Å²) in [6.45, 7) is 1.22. The van der Waals surface area contributed by atoms with Crippen LogP contribution in [0.1, 0.15) is 24.2 Å². The molecule has 0 saturated carbocycles. The number of hydrogen-bond donors (Lipinski definition) is 0. The normalized spacial score (nSPS) is 10.8. The number of nitrogens with zero attached hydrogens (tertiary/aromatic N) is 4. The number of fused-ring (bicyclic) bond motifs is 2. The Balaban J connectivity index is 0.00000185. The Morgan fingerprint density at radius 3 is 1.93 bits per heavy atom. The van der Waals surface area contributed by atoms with Crippen LogP contribution in [-0.4, -0.2) is 24.4 Å². The van der Waals surface area contributed by atoms with E-state index in [1.165, 1.54) is 10.2 Å². The van der Waals surface area contributed by atoms with Crippen molar-refractivity contribution in [3.8, 4) is 5.69 Å². The lowest BCUT2D eigenvalue weighted by Gasteiger charge is -2.17. The summed E-state index contributed by atoms with van der Waals surface area (Å²) in [6.07, 6.45) is 2.33. The lowest BCUT2D eigenvalue weighted by atomic mass is 10.1. The van der Waals surface area contributed by atoms with Crippen molar-refractivity contribution in [2.45, 2.75) is 32.4 Å². The number of hydrogen-bond acceptors (Lipinski definition) is 3. The zero-order chi connectivity index (χ0) is 25.9. The number of unbranched alkanes of at least 4 members (excludes halogenated alkanes) is 1. The quantitative estimate of drug-likeness (QED) is 0.243. The summed E-state index contributed by atoms with van der Waals surface area (Å²) in [7, 11) is 0. The van der Waals surface area contributed by atoms with Crippen LogP contribution in [0.5, 0.6) is 0 Å². The number of para-hydroxylation sites is 3. The van der Waals surface area contributed by atoms with Gasteiger partial charge in [0.05, 0.1) is 27.5 Å². The standard InChI is InChI=1S/C32H28N4O2.ClH.H2O/c37-31-26-17-7-8-18-27(26)32(38)36(25-15-5-2-6-16-25)35(31)22-12-11-21-34-29-20-10-9-19-28(29)33-30(34)23-24-13-3-1-4-14-24;;/h1-10,13-20H,11-12,21-23H2;1H;1H2. The molecule has 0 bridgehead atoms. The molecular weight excluding hydrogens is 524 g/mol. The van der Waals surface area contributed by atoms with Crippen LogP contribution in [0.15, 0.2) is 119 Å². The largest absolute Gasteiger partial charge is 0.412 e. The predicted octanol–water partition coefficient (Wildman–Crippen LogP) is 5.17. The Morgan fingerprint density at radius 2 is 1.20 bits per heavy atom. The van der Waals surface area contributed by atoms with Gasteiger partial charge in [-0.2, -0.15) is 0 Å². The third-order valence-electron chi connectivity index (χ3n) is 7.00. The molecule has 8 heteroatoms. The van der Waals surface area contributed by atoms with Gasteiger partial charge in [0, 0.05) is 19.5 Å². The van der Waals surface area contributed by atoms with E-state index in [0.717, 1.165) is 42.7 Å². The Bertz CT molecular complexity index is 1840. The van der Waals surface area contributed by atoms with Gasteiger partial charge in [0.15, 0.2) is 0 Å². The van der Waals surface area contributed by atoms with E-state index in [0.29, 0.717) is 23.0 Å². The second kappa shape index (κ2) is 12.6. The number of benzene rings is 4. The van der Waals surface area contributed by atoms with Gasteiger partial charge in [-0.3, -0.25) is 9.59 Å². The monoisotopic (exact) mass is 554 g/mol. The van der Waals surface area contributed by atoms with E-state index >= 15 is 0 Å². The molecule has 6 rings (SSSR count). The molecule has 0 aliphatic carbocycles. The molecule has 0 atom stereocenters. The van der Waals surface area contributed by atoms with Crippen LogP contribution in [0.2, 0.25) is 0 Å². The summed E-state index contributed by atoms with van der Waals surface area (Å²) < 4.78 is 5.41. The maximum Gasteiger partial charge on any atom is 0.278 e. The van der Waals surface area contributed by atoms with Crippen LogP contribution in [0, 0.1) is 0 Å². The van der Waals surface area contributed by atoms with Crippen molar-refractivity contribution in [3.05, 3.63) is 141 Å². The first kappa shape index (κ1) is 28.5. The molecule has 2 N–H and O–H groups in total. The summed E-state index contributed by atoms with van der Waals surface area (Å²) in [4.78, 5) is 31.9. The van der Waals surface area contributed by atoms with Crippen LogP contribution < -0.4 is 11.1 Å². The molecule has 4 aromatic carbocycles. The maximum absolute atomic E-state index is 13.5. The van der Waals surface area contributed by atoms with Crippen molar-refractivity contribution in [3.63, 3.8) is 0 Å². The molecule has 0 aliphatic rings.